The normalized spacial score (nSPS) is 24.3. The van der Waals surface area contributed by atoms with Crippen molar-refractivity contribution >= 4 is 0 Å². The highest BCUT2D eigenvalue weighted by molar-refractivity contribution is 5.24. The lowest BCUT2D eigenvalue weighted by Gasteiger charge is -2.31. The minimum Gasteiger partial charge on any atom is -0.322 e. The summed E-state index contributed by atoms with van der Waals surface area (Å²) in [5.41, 5.74) is 2.97. The number of quaternary nitrogens is 1. The molecule has 1 unspecified atom stereocenters. The Hall–Kier alpha value is -0.820. The van der Waals surface area contributed by atoms with E-state index >= 15 is 0 Å². The van der Waals surface area contributed by atoms with Gasteiger partial charge in [0.1, 0.15) is 6.04 Å². The molecule has 1 aromatic carbocycles. The second-order valence-corrected chi connectivity index (χ2v) is 5.26. The maximum atomic E-state index is 2.35. The average molecular weight is 204 g/mol. The molecule has 0 aromatic heterocycles. The zero-order chi connectivity index (χ0) is 10.9. The first-order valence-electron chi connectivity index (χ1n) is 6.05. The second kappa shape index (κ2) is 3.97. The molecule has 0 radical (unpaired) electrons. The summed E-state index contributed by atoms with van der Waals surface area (Å²) in [4.78, 5) is 0. The van der Waals surface area contributed by atoms with Crippen molar-refractivity contribution in [2.75, 3.05) is 20.6 Å². The maximum absolute atomic E-state index is 2.35. The van der Waals surface area contributed by atoms with Gasteiger partial charge < -0.3 is 4.48 Å². The molecule has 82 valence electrons. The van der Waals surface area contributed by atoms with Gasteiger partial charge >= 0.3 is 0 Å². The van der Waals surface area contributed by atoms with E-state index in [1.54, 1.807) is 0 Å². The molecule has 0 spiro atoms. The van der Waals surface area contributed by atoms with Crippen molar-refractivity contribution in [1.29, 1.82) is 0 Å². The van der Waals surface area contributed by atoms with Crippen LogP contribution in [0, 0.1) is 0 Å². The third kappa shape index (κ3) is 2.07. The van der Waals surface area contributed by atoms with E-state index in [2.05, 4.69) is 45.3 Å². The van der Waals surface area contributed by atoms with E-state index in [0.29, 0.717) is 0 Å². The number of rotatable bonds is 2. The molecule has 0 N–H and O–H groups in total. The standard InChI is InChI=1S/C14H22N/c1-4-12-7-9-13(10-8-12)14-6-5-11-15(14,2)3/h7-10,14H,4-6,11H2,1-3H3/q+1. The Balaban J connectivity index is 2.22. The fourth-order valence-electron chi connectivity index (χ4n) is 2.74. The molecule has 1 saturated heterocycles. The van der Waals surface area contributed by atoms with Gasteiger partial charge in [0.2, 0.25) is 0 Å². The fraction of sp³-hybridized carbons (Fsp3) is 0.571. The third-order valence-corrected chi connectivity index (χ3v) is 3.83. The summed E-state index contributed by atoms with van der Waals surface area (Å²) in [6.45, 7) is 3.53. The molecule has 0 bridgehead atoms. The summed E-state index contributed by atoms with van der Waals surface area (Å²) >= 11 is 0. The molecule has 1 aromatic rings. The van der Waals surface area contributed by atoms with E-state index in [1.807, 2.05) is 0 Å². The molecular weight excluding hydrogens is 182 g/mol. The second-order valence-electron chi connectivity index (χ2n) is 5.26. The first kappa shape index (κ1) is 10.7. The summed E-state index contributed by atoms with van der Waals surface area (Å²) in [7, 11) is 4.71. The Morgan fingerprint density at radius 3 is 2.33 bits per heavy atom. The molecule has 1 heteroatoms. The summed E-state index contributed by atoms with van der Waals surface area (Å²) in [5, 5.41) is 0. The minimum absolute atomic E-state index is 0.718. The van der Waals surface area contributed by atoms with Crippen molar-refractivity contribution in [3.8, 4) is 0 Å². The topological polar surface area (TPSA) is 0 Å². The van der Waals surface area contributed by atoms with Gasteiger partial charge in [-0.05, 0) is 12.0 Å². The number of hydrogen-bond donors (Lipinski definition) is 0. The Morgan fingerprint density at radius 2 is 1.87 bits per heavy atom. The molecule has 1 fully saturated rings. The summed E-state index contributed by atoms with van der Waals surface area (Å²) < 4.78 is 1.16. The van der Waals surface area contributed by atoms with Gasteiger partial charge in [-0.2, -0.15) is 0 Å². The molecule has 0 saturated carbocycles. The van der Waals surface area contributed by atoms with Crippen LogP contribution >= 0.6 is 0 Å². The third-order valence-electron chi connectivity index (χ3n) is 3.83. The van der Waals surface area contributed by atoms with Crippen molar-refractivity contribution in [2.45, 2.75) is 32.2 Å². The molecule has 1 aliphatic rings. The Morgan fingerprint density at radius 1 is 1.20 bits per heavy atom. The average Bonchev–Trinajstić information content (AvgIpc) is 2.58. The van der Waals surface area contributed by atoms with Gasteiger partial charge in [0, 0.05) is 18.4 Å². The quantitative estimate of drug-likeness (QED) is 0.649. The van der Waals surface area contributed by atoms with Crippen molar-refractivity contribution < 1.29 is 4.48 Å². The molecule has 1 nitrogen and oxygen atoms in total. The maximum Gasteiger partial charge on any atom is 0.114 e. The van der Waals surface area contributed by atoms with Gasteiger partial charge in [-0.25, -0.2) is 0 Å². The summed E-state index contributed by atoms with van der Waals surface area (Å²) in [6.07, 6.45) is 3.86. The molecule has 0 aliphatic carbocycles. The first-order valence-corrected chi connectivity index (χ1v) is 6.05. The number of nitrogens with zero attached hydrogens (tertiary/aromatic N) is 1. The van der Waals surface area contributed by atoms with Crippen molar-refractivity contribution in [3.05, 3.63) is 35.4 Å². The summed E-state index contributed by atoms with van der Waals surface area (Å²) in [6, 6.07) is 9.95. The van der Waals surface area contributed by atoms with Gasteiger partial charge in [-0.15, -0.1) is 0 Å². The highest BCUT2D eigenvalue weighted by Gasteiger charge is 2.34. The van der Waals surface area contributed by atoms with Crippen molar-refractivity contribution in [1.82, 2.24) is 0 Å². The van der Waals surface area contributed by atoms with E-state index in [-0.39, 0.29) is 0 Å². The van der Waals surface area contributed by atoms with Crippen LogP contribution in [0.3, 0.4) is 0 Å². The number of hydrogen-bond acceptors (Lipinski definition) is 0. The molecule has 0 amide bonds. The minimum atomic E-state index is 0.718. The predicted molar refractivity (Wildman–Crippen MR) is 64.8 cm³/mol. The van der Waals surface area contributed by atoms with Crippen LogP contribution in [0.15, 0.2) is 24.3 Å². The van der Waals surface area contributed by atoms with Crippen molar-refractivity contribution in [2.24, 2.45) is 0 Å². The van der Waals surface area contributed by atoms with E-state index in [1.165, 1.54) is 30.5 Å². The molecule has 1 heterocycles. The van der Waals surface area contributed by atoms with Crippen molar-refractivity contribution in [3.63, 3.8) is 0 Å². The molecular formula is C14H22N+. The van der Waals surface area contributed by atoms with Crippen LogP contribution in [0.5, 0.6) is 0 Å². The van der Waals surface area contributed by atoms with Gasteiger partial charge in [-0.3, -0.25) is 0 Å². The number of aryl methyl sites for hydroxylation is 1. The molecule has 1 aliphatic heterocycles. The SMILES string of the molecule is CCc1ccc(C2CCC[N+]2(C)C)cc1. The predicted octanol–water partition coefficient (Wildman–Crippen LogP) is 3.16. The van der Waals surface area contributed by atoms with Gasteiger partial charge in [-0.1, -0.05) is 31.2 Å². The Kier molecular flexibility index (Phi) is 2.83. The fourth-order valence-corrected chi connectivity index (χ4v) is 2.74. The van der Waals surface area contributed by atoms with E-state index in [4.69, 9.17) is 0 Å². The van der Waals surface area contributed by atoms with Crippen LogP contribution in [-0.4, -0.2) is 25.1 Å². The number of benzene rings is 1. The zero-order valence-corrected chi connectivity index (χ0v) is 10.2. The lowest BCUT2D eigenvalue weighted by molar-refractivity contribution is -0.908. The first-order chi connectivity index (χ1) is 7.13. The molecule has 1 atom stereocenters. The zero-order valence-electron chi connectivity index (χ0n) is 10.2. The largest absolute Gasteiger partial charge is 0.322 e. The highest BCUT2D eigenvalue weighted by Crippen LogP contribution is 2.35. The lowest BCUT2D eigenvalue weighted by atomic mass is 10.0. The van der Waals surface area contributed by atoms with Gasteiger partial charge in [0.05, 0.1) is 20.6 Å². The van der Waals surface area contributed by atoms with Crippen LogP contribution in [0.1, 0.15) is 36.9 Å². The van der Waals surface area contributed by atoms with Crippen LogP contribution in [0.2, 0.25) is 0 Å². The summed E-state index contributed by atoms with van der Waals surface area (Å²) in [5.74, 6) is 0. The Labute approximate surface area is 93.3 Å². The molecule has 15 heavy (non-hydrogen) atoms. The molecule has 2 rings (SSSR count). The highest BCUT2D eigenvalue weighted by atomic mass is 15.3. The van der Waals surface area contributed by atoms with Gasteiger partial charge in [0.25, 0.3) is 0 Å². The van der Waals surface area contributed by atoms with E-state index in [9.17, 15) is 0 Å². The number of likely N-dealkylation sites (tertiary alicyclic amines) is 1. The monoisotopic (exact) mass is 204 g/mol. The lowest BCUT2D eigenvalue weighted by Crippen LogP contribution is -2.38. The Bertz CT molecular complexity index is 324. The van der Waals surface area contributed by atoms with Crippen LogP contribution in [0.25, 0.3) is 0 Å². The van der Waals surface area contributed by atoms with Crippen LogP contribution in [0.4, 0.5) is 0 Å². The smallest absolute Gasteiger partial charge is 0.114 e. The van der Waals surface area contributed by atoms with E-state index in [0.717, 1.165) is 16.9 Å². The van der Waals surface area contributed by atoms with Crippen LogP contribution < -0.4 is 0 Å². The van der Waals surface area contributed by atoms with Gasteiger partial charge in [0.15, 0.2) is 0 Å². The van der Waals surface area contributed by atoms with Crippen LogP contribution in [-0.2, 0) is 6.42 Å². The van der Waals surface area contributed by atoms with E-state index < -0.39 is 0 Å².